The largest absolute Gasteiger partial charge is 0.392 e. The fraction of sp³-hybridized carbons (Fsp3) is 0.611. The number of nitrogens with zero attached hydrogens (tertiary/aromatic N) is 1. The minimum Gasteiger partial charge on any atom is -0.392 e. The molecule has 0 fully saturated rings. The van der Waals surface area contributed by atoms with Crippen LogP contribution in [0.5, 0.6) is 0 Å². The van der Waals surface area contributed by atoms with Gasteiger partial charge in [0.2, 0.25) is 5.90 Å². The fourth-order valence-electron chi connectivity index (χ4n) is 2.43. The summed E-state index contributed by atoms with van der Waals surface area (Å²) in [7, 11) is -2.68. The van der Waals surface area contributed by atoms with Gasteiger partial charge in [0.25, 0.3) is 0 Å². The SMILES string of the molecule is CC1=NC(C(C)(COCc2ccccc2)N[SH](C)(=O)C(C)(C)C)NO1. The highest BCUT2D eigenvalue weighted by atomic mass is 32.3. The molecule has 0 amide bonds. The van der Waals surface area contributed by atoms with Gasteiger partial charge in [0.15, 0.2) is 6.17 Å². The zero-order valence-corrected chi connectivity index (χ0v) is 16.9. The zero-order valence-electron chi connectivity index (χ0n) is 16.0. The molecule has 2 rings (SSSR count). The molecule has 1 aromatic carbocycles. The molecule has 1 aliphatic rings. The second kappa shape index (κ2) is 7.53. The summed E-state index contributed by atoms with van der Waals surface area (Å²) in [5.74, 6) is 0.558. The molecule has 1 aliphatic heterocycles. The highest BCUT2D eigenvalue weighted by Gasteiger charge is 2.42. The predicted octanol–water partition coefficient (Wildman–Crippen LogP) is 2.19. The van der Waals surface area contributed by atoms with Crippen LogP contribution in [0.4, 0.5) is 0 Å². The van der Waals surface area contributed by atoms with E-state index in [1.807, 2.05) is 58.0 Å². The maximum Gasteiger partial charge on any atom is 0.207 e. The number of hydrogen-bond donors (Lipinski definition) is 3. The third-order valence-electron chi connectivity index (χ3n) is 4.49. The van der Waals surface area contributed by atoms with Crippen molar-refractivity contribution in [2.45, 2.75) is 57.7 Å². The van der Waals surface area contributed by atoms with E-state index in [0.717, 1.165) is 5.56 Å². The van der Waals surface area contributed by atoms with Crippen LogP contribution in [0, 0.1) is 0 Å². The smallest absolute Gasteiger partial charge is 0.207 e. The van der Waals surface area contributed by atoms with Crippen molar-refractivity contribution in [2.75, 3.05) is 12.9 Å². The number of hydrogen-bond acceptors (Lipinski definition) is 5. The van der Waals surface area contributed by atoms with E-state index in [1.165, 1.54) is 0 Å². The maximum atomic E-state index is 13.2. The molecule has 0 bridgehead atoms. The highest BCUT2D eigenvalue weighted by molar-refractivity contribution is 8.01. The molecular weight excluding hydrogens is 338 g/mol. The summed E-state index contributed by atoms with van der Waals surface area (Å²) in [6, 6.07) is 9.98. The van der Waals surface area contributed by atoms with Gasteiger partial charge < -0.3 is 9.57 Å². The average Bonchev–Trinajstić information content (AvgIpc) is 2.94. The van der Waals surface area contributed by atoms with Gasteiger partial charge in [-0.15, -0.1) is 5.48 Å². The van der Waals surface area contributed by atoms with Crippen molar-refractivity contribution in [3.63, 3.8) is 0 Å². The Morgan fingerprint density at radius 3 is 2.44 bits per heavy atom. The Kier molecular flexibility index (Phi) is 6.04. The van der Waals surface area contributed by atoms with Gasteiger partial charge in [-0.25, -0.2) is 9.71 Å². The molecule has 1 heterocycles. The first-order chi connectivity index (χ1) is 11.5. The molecule has 2 N–H and O–H groups in total. The first kappa shape index (κ1) is 20.0. The van der Waals surface area contributed by atoms with Crippen LogP contribution in [0.2, 0.25) is 0 Å². The van der Waals surface area contributed by atoms with E-state index < -0.39 is 15.7 Å². The quantitative estimate of drug-likeness (QED) is 0.644. The van der Waals surface area contributed by atoms with Crippen molar-refractivity contribution >= 4 is 16.0 Å². The molecule has 0 spiro atoms. The van der Waals surface area contributed by atoms with Crippen molar-refractivity contribution in [3.8, 4) is 0 Å². The topological polar surface area (TPSA) is 72.0 Å². The maximum absolute atomic E-state index is 13.2. The molecule has 2 atom stereocenters. The number of aliphatic imine (C=N–C) groups is 1. The van der Waals surface area contributed by atoms with Gasteiger partial charge in [-0.3, -0.25) is 4.21 Å². The second-order valence-electron chi connectivity index (χ2n) is 7.87. The lowest BCUT2D eigenvalue weighted by Crippen LogP contribution is -2.64. The number of ether oxygens (including phenoxy) is 1. The van der Waals surface area contributed by atoms with Crippen molar-refractivity contribution in [1.82, 2.24) is 10.2 Å². The third kappa shape index (κ3) is 5.10. The molecule has 0 saturated heterocycles. The Balaban J connectivity index is 2.13. The van der Waals surface area contributed by atoms with E-state index in [0.29, 0.717) is 19.1 Å². The average molecular weight is 370 g/mol. The van der Waals surface area contributed by atoms with Gasteiger partial charge in [0.1, 0.15) is 0 Å². The van der Waals surface area contributed by atoms with E-state index in [-0.39, 0.29) is 10.9 Å². The van der Waals surface area contributed by atoms with E-state index in [1.54, 1.807) is 13.2 Å². The summed E-state index contributed by atoms with van der Waals surface area (Å²) in [5.41, 5.74) is 3.32. The summed E-state index contributed by atoms with van der Waals surface area (Å²) in [6.45, 7) is 10.5. The lowest BCUT2D eigenvalue weighted by Gasteiger charge is -2.43. The van der Waals surface area contributed by atoms with Crippen LogP contribution in [-0.4, -0.2) is 39.4 Å². The molecule has 6 nitrogen and oxygen atoms in total. The Morgan fingerprint density at radius 1 is 1.28 bits per heavy atom. The first-order valence-electron chi connectivity index (χ1n) is 8.49. The minimum absolute atomic E-state index is 0.341. The molecule has 1 aromatic rings. The monoisotopic (exact) mass is 369 g/mol. The number of nitrogens with one attached hydrogen (secondary N) is 2. The molecular formula is C18H31N3O3S. The van der Waals surface area contributed by atoms with Crippen molar-refractivity contribution < 1.29 is 13.8 Å². The summed E-state index contributed by atoms with van der Waals surface area (Å²) < 4.78 is 22.2. The van der Waals surface area contributed by atoms with Gasteiger partial charge >= 0.3 is 0 Å². The minimum atomic E-state index is -2.68. The normalized spacial score (nSPS) is 21.4. The Morgan fingerprint density at radius 2 is 1.92 bits per heavy atom. The molecule has 142 valence electrons. The van der Waals surface area contributed by atoms with E-state index >= 15 is 0 Å². The predicted molar refractivity (Wildman–Crippen MR) is 104 cm³/mol. The van der Waals surface area contributed by atoms with Crippen LogP contribution in [0.25, 0.3) is 0 Å². The Labute approximate surface area is 151 Å². The summed E-state index contributed by atoms with van der Waals surface area (Å²) in [6.07, 6.45) is 1.40. The van der Waals surface area contributed by atoms with Crippen LogP contribution in [0.3, 0.4) is 0 Å². The number of rotatable bonds is 7. The van der Waals surface area contributed by atoms with Crippen LogP contribution < -0.4 is 10.2 Å². The number of thiol groups is 1. The zero-order chi connectivity index (χ0) is 18.7. The molecule has 0 radical (unpaired) electrons. The Bertz CT molecular complexity index is 657. The molecule has 2 unspecified atom stereocenters. The molecule has 0 aromatic heterocycles. The second-order valence-corrected chi connectivity index (χ2v) is 11.3. The van der Waals surface area contributed by atoms with Crippen LogP contribution in [0.1, 0.15) is 40.2 Å². The number of benzene rings is 1. The van der Waals surface area contributed by atoms with E-state index in [2.05, 4.69) is 15.2 Å². The van der Waals surface area contributed by atoms with Gasteiger partial charge in [0, 0.05) is 17.9 Å². The van der Waals surface area contributed by atoms with Gasteiger partial charge in [-0.1, -0.05) is 40.5 Å². The molecule has 25 heavy (non-hydrogen) atoms. The number of hydroxylamine groups is 1. The van der Waals surface area contributed by atoms with Gasteiger partial charge in [0.05, 0.1) is 18.8 Å². The highest BCUT2D eigenvalue weighted by Crippen LogP contribution is 2.26. The van der Waals surface area contributed by atoms with Gasteiger partial charge in [-0.2, -0.15) is 0 Å². The summed E-state index contributed by atoms with van der Waals surface area (Å²) in [5, 5.41) is 0. The summed E-state index contributed by atoms with van der Waals surface area (Å²) >= 11 is 0. The lowest BCUT2D eigenvalue weighted by molar-refractivity contribution is 0.0388. The van der Waals surface area contributed by atoms with E-state index in [4.69, 9.17) is 9.57 Å². The molecule has 7 heteroatoms. The third-order valence-corrected chi connectivity index (χ3v) is 7.99. The lowest BCUT2D eigenvalue weighted by atomic mass is 10.0. The molecule has 0 saturated carbocycles. The first-order valence-corrected chi connectivity index (χ1v) is 10.6. The van der Waals surface area contributed by atoms with Crippen molar-refractivity contribution in [3.05, 3.63) is 35.9 Å². The fourth-order valence-corrected chi connectivity index (χ4v) is 3.93. The van der Waals surface area contributed by atoms with Crippen LogP contribution in [-0.2, 0) is 26.3 Å². The molecule has 0 aliphatic carbocycles. The van der Waals surface area contributed by atoms with Gasteiger partial charge in [-0.05, 0) is 33.3 Å². The summed E-state index contributed by atoms with van der Waals surface area (Å²) in [4.78, 5) is 9.76. The Hall–Kier alpha value is -1.28. The van der Waals surface area contributed by atoms with Crippen LogP contribution in [0.15, 0.2) is 35.3 Å². The van der Waals surface area contributed by atoms with E-state index in [9.17, 15) is 4.21 Å². The standard InChI is InChI=1S/C18H31N3O3S/c1-14-19-16(20-24-14)18(5,21-25(6,22)17(2,3)4)13-23-12-15-10-8-7-9-11-15/h7-11,16,20,25H,12-13H2,1-6H3,(H,21,22). The van der Waals surface area contributed by atoms with Crippen LogP contribution >= 0.6 is 0 Å². The van der Waals surface area contributed by atoms with Crippen molar-refractivity contribution in [1.29, 1.82) is 0 Å². The van der Waals surface area contributed by atoms with Crippen molar-refractivity contribution in [2.24, 2.45) is 4.99 Å².